The fraction of sp³-hybridized carbons (Fsp3) is 0.806. The third kappa shape index (κ3) is 4.71. The van der Waals surface area contributed by atoms with Crippen molar-refractivity contribution in [1.82, 2.24) is 4.98 Å². The second-order valence-electron chi connectivity index (χ2n) is 13.6. The zero-order valence-corrected chi connectivity index (χ0v) is 23.6. The summed E-state index contributed by atoms with van der Waals surface area (Å²) >= 11 is 0. The molecular formula is C31H44F3NO4. The number of hydrogen-bond acceptors (Lipinski definition) is 5. The number of fused-ring (bicyclic) bond motifs is 5. The normalized spacial score (nSPS) is 40.8. The lowest BCUT2D eigenvalue weighted by molar-refractivity contribution is -0.233. The number of pyridine rings is 1. The number of carbonyl (C=O) groups excluding carboxylic acids is 1. The minimum atomic E-state index is -2.90. The number of aliphatic hydroxyl groups is 2. The molecule has 2 N–H and O–H groups in total. The van der Waals surface area contributed by atoms with Crippen LogP contribution in [0.1, 0.15) is 96.6 Å². The van der Waals surface area contributed by atoms with Crippen molar-refractivity contribution in [1.29, 1.82) is 0 Å². The summed E-state index contributed by atoms with van der Waals surface area (Å²) < 4.78 is 50.5. The number of hydrogen-bond donors (Lipinski definition) is 2. The molecule has 0 aliphatic heterocycles. The van der Waals surface area contributed by atoms with Crippen LogP contribution in [0.5, 0.6) is 5.88 Å². The Balaban J connectivity index is 1.27. The molecule has 5 rings (SSSR count). The summed E-state index contributed by atoms with van der Waals surface area (Å²) in [6.07, 6.45) is 4.13. The number of aliphatic hydroxyl groups excluding tert-OH is 2. The van der Waals surface area contributed by atoms with Gasteiger partial charge in [0.15, 0.2) is 5.78 Å². The van der Waals surface area contributed by atoms with Gasteiger partial charge in [0.2, 0.25) is 11.8 Å². The topological polar surface area (TPSA) is 79.7 Å². The number of halogens is 3. The van der Waals surface area contributed by atoms with Crippen LogP contribution in [0.15, 0.2) is 12.1 Å². The van der Waals surface area contributed by atoms with Gasteiger partial charge >= 0.3 is 0 Å². The van der Waals surface area contributed by atoms with Crippen molar-refractivity contribution >= 4 is 5.78 Å². The van der Waals surface area contributed by atoms with Gasteiger partial charge in [-0.2, -0.15) is 9.37 Å². The standard InChI is InChI=1S/C31H44F3NO4/c1-17(6-5-7-23(36)18-8-11-25(32)35-28(18)39-4)19-9-10-20-26-21(12-14-29(19,20)2)30(3)15-13-24(37)27(38)22(30)16-31(26,33)34/h8,11,17,19-24,26,36-37H,5-7,9-10,12-16H2,1-4H3/t17-,19-,20+,21+,22+,23-,24+,26+,29-,30-/m1/s1. The molecule has 4 saturated carbocycles. The summed E-state index contributed by atoms with van der Waals surface area (Å²) in [7, 11) is 1.40. The molecule has 0 bridgehead atoms. The summed E-state index contributed by atoms with van der Waals surface area (Å²) in [6, 6.07) is 2.72. The molecule has 0 radical (unpaired) electrons. The van der Waals surface area contributed by atoms with Crippen molar-refractivity contribution in [3.63, 3.8) is 0 Å². The Bertz CT molecular complexity index is 1080. The number of rotatable bonds is 7. The molecule has 1 aromatic rings. The van der Waals surface area contributed by atoms with E-state index in [1.807, 2.05) is 6.92 Å². The largest absolute Gasteiger partial charge is 0.481 e. The van der Waals surface area contributed by atoms with Crippen LogP contribution in [0.25, 0.3) is 0 Å². The predicted octanol–water partition coefficient (Wildman–Crippen LogP) is 6.51. The van der Waals surface area contributed by atoms with Gasteiger partial charge in [-0.05, 0) is 91.6 Å². The van der Waals surface area contributed by atoms with Gasteiger partial charge < -0.3 is 14.9 Å². The molecule has 10 atom stereocenters. The third-order valence-electron chi connectivity index (χ3n) is 11.8. The van der Waals surface area contributed by atoms with E-state index in [1.54, 1.807) is 0 Å². The minimum absolute atomic E-state index is 0.0708. The third-order valence-corrected chi connectivity index (χ3v) is 11.8. The van der Waals surface area contributed by atoms with Gasteiger partial charge in [-0.3, -0.25) is 4.79 Å². The zero-order chi connectivity index (χ0) is 28.3. The number of ketones is 1. The van der Waals surface area contributed by atoms with E-state index < -0.39 is 47.7 Å². The second-order valence-corrected chi connectivity index (χ2v) is 13.6. The Morgan fingerprint density at radius 2 is 1.77 bits per heavy atom. The summed E-state index contributed by atoms with van der Waals surface area (Å²) in [5, 5.41) is 20.9. The number of aromatic nitrogens is 1. The Kier molecular flexibility index (Phi) is 7.62. The average molecular weight is 552 g/mol. The van der Waals surface area contributed by atoms with E-state index in [4.69, 9.17) is 4.74 Å². The van der Waals surface area contributed by atoms with Crippen LogP contribution in [0.2, 0.25) is 0 Å². The Morgan fingerprint density at radius 3 is 2.49 bits per heavy atom. The summed E-state index contributed by atoms with van der Waals surface area (Å²) in [5.41, 5.74) is -0.161. The fourth-order valence-corrected chi connectivity index (χ4v) is 9.79. The van der Waals surface area contributed by atoms with Gasteiger partial charge in [0, 0.05) is 23.8 Å². The number of nitrogens with zero attached hydrogens (tertiary/aromatic N) is 1. The maximum atomic E-state index is 16.0. The summed E-state index contributed by atoms with van der Waals surface area (Å²) in [5.74, 6) is -4.90. The highest BCUT2D eigenvalue weighted by Gasteiger charge is 2.69. The molecule has 4 aliphatic rings. The van der Waals surface area contributed by atoms with Gasteiger partial charge in [-0.1, -0.05) is 33.6 Å². The van der Waals surface area contributed by atoms with Crippen molar-refractivity contribution in [2.45, 2.75) is 103 Å². The van der Waals surface area contributed by atoms with Crippen LogP contribution in [0.3, 0.4) is 0 Å². The van der Waals surface area contributed by atoms with Crippen LogP contribution >= 0.6 is 0 Å². The maximum Gasteiger partial charge on any atom is 0.252 e. The summed E-state index contributed by atoms with van der Waals surface area (Å²) in [4.78, 5) is 16.5. The predicted molar refractivity (Wildman–Crippen MR) is 141 cm³/mol. The van der Waals surface area contributed by atoms with Gasteiger partial charge in [-0.25, -0.2) is 8.78 Å². The van der Waals surface area contributed by atoms with Gasteiger partial charge in [-0.15, -0.1) is 0 Å². The quantitative estimate of drug-likeness (QED) is 0.378. The number of carbonyl (C=O) groups is 1. The molecule has 4 aliphatic carbocycles. The molecular weight excluding hydrogens is 507 g/mol. The number of alkyl halides is 2. The first-order valence-corrected chi connectivity index (χ1v) is 14.8. The number of methoxy groups -OCH3 is 1. The highest BCUT2D eigenvalue weighted by Crippen LogP contribution is 2.70. The van der Waals surface area contributed by atoms with Crippen LogP contribution < -0.4 is 4.74 Å². The summed E-state index contributed by atoms with van der Waals surface area (Å²) in [6.45, 7) is 6.49. The highest BCUT2D eigenvalue weighted by molar-refractivity contribution is 5.87. The van der Waals surface area contributed by atoms with E-state index in [1.165, 1.54) is 19.2 Å². The van der Waals surface area contributed by atoms with Crippen molar-refractivity contribution < 1.29 is 32.9 Å². The molecule has 0 spiro atoms. The molecule has 218 valence electrons. The maximum absolute atomic E-state index is 16.0. The van der Waals surface area contributed by atoms with Crippen LogP contribution in [0.4, 0.5) is 13.2 Å². The van der Waals surface area contributed by atoms with Gasteiger partial charge in [0.1, 0.15) is 6.10 Å². The van der Waals surface area contributed by atoms with E-state index in [0.717, 1.165) is 32.1 Å². The van der Waals surface area contributed by atoms with Crippen molar-refractivity contribution in [3.05, 3.63) is 23.6 Å². The first-order chi connectivity index (χ1) is 18.3. The number of Topliss-reactive ketones (excluding diaryl/α,β-unsaturated/α-hetero) is 1. The first-order valence-electron chi connectivity index (χ1n) is 14.8. The monoisotopic (exact) mass is 551 g/mol. The SMILES string of the molecule is COc1nc(F)ccc1[C@H](O)CCC[C@@H](C)[C@H]1CC[C@H]2[C@H]3[C@H](CC[C@]12C)[C@@]1(C)CC[C@H](O)C(=O)[C@@H]1CC3(F)F. The first kappa shape index (κ1) is 28.8. The van der Waals surface area contributed by atoms with Crippen LogP contribution in [-0.2, 0) is 4.79 Å². The Labute approximate surface area is 229 Å². The second kappa shape index (κ2) is 10.3. The molecule has 8 heteroatoms. The molecule has 0 aromatic carbocycles. The molecule has 0 amide bonds. The van der Waals surface area contributed by atoms with Gasteiger partial charge in [0.05, 0.1) is 13.2 Å². The smallest absolute Gasteiger partial charge is 0.252 e. The highest BCUT2D eigenvalue weighted by atomic mass is 19.3. The average Bonchev–Trinajstić information content (AvgIpc) is 3.24. The number of ether oxygens (including phenoxy) is 1. The Morgan fingerprint density at radius 1 is 1.08 bits per heavy atom. The van der Waals surface area contributed by atoms with Crippen LogP contribution in [0, 0.1) is 52.3 Å². The molecule has 1 heterocycles. The zero-order valence-electron chi connectivity index (χ0n) is 23.6. The molecule has 1 aromatic heterocycles. The molecule has 5 nitrogen and oxygen atoms in total. The minimum Gasteiger partial charge on any atom is -0.481 e. The van der Waals surface area contributed by atoms with Crippen LogP contribution in [-0.4, -0.2) is 40.1 Å². The van der Waals surface area contributed by atoms with E-state index in [0.29, 0.717) is 43.1 Å². The fourth-order valence-electron chi connectivity index (χ4n) is 9.79. The van der Waals surface area contributed by atoms with E-state index in [9.17, 15) is 19.4 Å². The molecule has 0 saturated heterocycles. The van der Waals surface area contributed by atoms with Crippen molar-refractivity contribution in [2.75, 3.05) is 7.11 Å². The molecule has 0 unspecified atom stereocenters. The van der Waals surface area contributed by atoms with E-state index >= 15 is 8.78 Å². The lowest BCUT2D eigenvalue weighted by Crippen LogP contribution is -2.63. The lowest BCUT2D eigenvalue weighted by atomic mass is 9.43. The van der Waals surface area contributed by atoms with E-state index in [2.05, 4.69) is 18.8 Å². The van der Waals surface area contributed by atoms with Gasteiger partial charge in [0.25, 0.3) is 5.92 Å². The van der Waals surface area contributed by atoms with Crippen molar-refractivity contribution in [3.8, 4) is 5.88 Å². The van der Waals surface area contributed by atoms with E-state index in [-0.39, 0.29) is 28.9 Å². The Hall–Kier alpha value is -1.67. The lowest BCUT2D eigenvalue weighted by Gasteiger charge is -2.62. The molecule has 4 fully saturated rings. The molecule has 39 heavy (non-hydrogen) atoms. The van der Waals surface area contributed by atoms with Crippen molar-refractivity contribution in [2.24, 2.45) is 46.3 Å².